The molecule has 0 saturated heterocycles. The highest BCUT2D eigenvalue weighted by molar-refractivity contribution is 8.23. The summed E-state index contributed by atoms with van der Waals surface area (Å²) in [6.07, 6.45) is 9.42. The highest BCUT2D eigenvalue weighted by atomic mass is 32.2. The van der Waals surface area contributed by atoms with Crippen LogP contribution in [0.3, 0.4) is 0 Å². The number of hydrogen-bond acceptors (Lipinski definition) is 2. The third-order valence-corrected chi connectivity index (χ3v) is 3.44. The molecule has 0 aliphatic heterocycles. The summed E-state index contributed by atoms with van der Waals surface area (Å²) in [6.45, 7) is 4.46. The largest absolute Gasteiger partial charge is 0.385 e. The third kappa shape index (κ3) is 10.3. The standard InChI is InChI=1S/C11H23NS2/c1-3-4-5-6-7-8-9-10(2)14-11(12)13/h10H,3-9H2,1-2H3,(H2,12,13). The van der Waals surface area contributed by atoms with E-state index in [1.807, 2.05) is 0 Å². The fourth-order valence-electron chi connectivity index (χ4n) is 1.47. The van der Waals surface area contributed by atoms with Crippen LogP contribution in [0.15, 0.2) is 0 Å². The lowest BCUT2D eigenvalue weighted by Crippen LogP contribution is -2.08. The van der Waals surface area contributed by atoms with E-state index < -0.39 is 0 Å². The van der Waals surface area contributed by atoms with E-state index in [1.54, 1.807) is 11.8 Å². The molecule has 0 aliphatic rings. The van der Waals surface area contributed by atoms with Gasteiger partial charge in [0.1, 0.15) is 4.32 Å². The van der Waals surface area contributed by atoms with E-state index in [4.69, 9.17) is 18.0 Å². The van der Waals surface area contributed by atoms with E-state index in [-0.39, 0.29) is 0 Å². The molecular weight excluding hydrogens is 210 g/mol. The average molecular weight is 233 g/mol. The van der Waals surface area contributed by atoms with Crippen LogP contribution in [0.5, 0.6) is 0 Å². The van der Waals surface area contributed by atoms with Gasteiger partial charge in [-0.1, -0.05) is 76.4 Å². The zero-order chi connectivity index (χ0) is 10.8. The van der Waals surface area contributed by atoms with Gasteiger partial charge in [-0.2, -0.15) is 0 Å². The van der Waals surface area contributed by atoms with Gasteiger partial charge >= 0.3 is 0 Å². The molecular formula is C11H23NS2. The molecule has 0 aromatic rings. The molecule has 0 aromatic carbocycles. The van der Waals surface area contributed by atoms with E-state index in [1.165, 1.54) is 44.9 Å². The van der Waals surface area contributed by atoms with Gasteiger partial charge in [-0.05, 0) is 6.42 Å². The van der Waals surface area contributed by atoms with Crippen molar-refractivity contribution in [1.82, 2.24) is 0 Å². The van der Waals surface area contributed by atoms with Crippen LogP contribution in [0.1, 0.15) is 58.8 Å². The van der Waals surface area contributed by atoms with Gasteiger partial charge in [-0.25, -0.2) is 0 Å². The van der Waals surface area contributed by atoms with Gasteiger partial charge in [0.15, 0.2) is 0 Å². The Balaban J connectivity index is 3.14. The molecule has 1 unspecified atom stereocenters. The predicted octanol–water partition coefficient (Wildman–Crippen LogP) is 4.10. The molecule has 0 aliphatic carbocycles. The van der Waals surface area contributed by atoms with Gasteiger partial charge in [-0.3, -0.25) is 0 Å². The minimum Gasteiger partial charge on any atom is -0.385 e. The first-order valence-electron chi connectivity index (χ1n) is 5.63. The summed E-state index contributed by atoms with van der Waals surface area (Å²) in [7, 11) is 0. The molecule has 0 rings (SSSR count). The molecule has 84 valence electrons. The van der Waals surface area contributed by atoms with Crippen molar-refractivity contribution < 1.29 is 0 Å². The van der Waals surface area contributed by atoms with Crippen molar-refractivity contribution in [1.29, 1.82) is 0 Å². The third-order valence-electron chi connectivity index (χ3n) is 2.28. The first kappa shape index (κ1) is 14.2. The molecule has 1 atom stereocenters. The molecule has 0 fully saturated rings. The normalized spacial score (nSPS) is 12.7. The van der Waals surface area contributed by atoms with Gasteiger partial charge < -0.3 is 5.73 Å². The van der Waals surface area contributed by atoms with Crippen LogP contribution < -0.4 is 5.73 Å². The maximum absolute atomic E-state index is 5.46. The summed E-state index contributed by atoms with van der Waals surface area (Å²) in [4.78, 5) is 0. The second kappa shape index (κ2) is 9.78. The second-order valence-corrected chi connectivity index (χ2v) is 5.98. The Bertz CT molecular complexity index is 148. The van der Waals surface area contributed by atoms with E-state index in [2.05, 4.69) is 13.8 Å². The van der Waals surface area contributed by atoms with Gasteiger partial charge in [-0.15, -0.1) is 0 Å². The molecule has 0 heterocycles. The molecule has 0 amide bonds. The monoisotopic (exact) mass is 233 g/mol. The molecule has 0 spiro atoms. The van der Waals surface area contributed by atoms with Crippen LogP contribution in [0.25, 0.3) is 0 Å². The molecule has 0 radical (unpaired) electrons. The zero-order valence-corrected chi connectivity index (χ0v) is 11.1. The fourth-order valence-corrected chi connectivity index (χ4v) is 2.64. The SMILES string of the molecule is CCCCCCCCC(C)SC(N)=S. The van der Waals surface area contributed by atoms with Gasteiger partial charge in [0.05, 0.1) is 0 Å². The summed E-state index contributed by atoms with van der Waals surface area (Å²) < 4.78 is 0.587. The Labute approximate surface area is 98.2 Å². The maximum Gasteiger partial charge on any atom is 0.131 e. The van der Waals surface area contributed by atoms with Crippen LogP contribution in [-0.4, -0.2) is 9.57 Å². The number of thioether (sulfide) groups is 1. The number of rotatable bonds is 8. The van der Waals surface area contributed by atoms with E-state index in [9.17, 15) is 0 Å². The Kier molecular flexibility index (Phi) is 9.95. The first-order valence-corrected chi connectivity index (χ1v) is 6.91. The predicted molar refractivity (Wildman–Crippen MR) is 71.8 cm³/mol. The van der Waals surface area contributed by atoms with Crippen LogP contribution in [0.2, 0.25) is 0 Å². The number of hydrogen-bond donors (Lipinski definition) is 1. The van der Waals surface area contributed by atoms with Crippen LogP contribution in [0, 0.1) is 0 Å². The van der Waals surface area contributed by atoms with E-state index >= 15 is 0 Å². The Morgan fingerprint density at radius 3 is 2.36 bits per heavy atom. The van der Waals surface area contributed by atoms with Crippen LogP contribution >= 0.6 is 24.0 Å². The van der Waals surface area contributed by atoms with Gasteiger partial charge in [0.2, 0.25) is 0 Å². The van der Waals surface area contributed by atoms with E-state index in [0.29, 0.717) is 9.57 Å². The lowest BCUT2D eigenvalue weighted by atomic mass is 10.1. The molecule has 3 heteroatoms. The van der Waals surface area contributed by atoms with Gasteiger partial charge in [0.25, 0.3) is 0 Å². The van der Waals surface area contributed by atoms with Crippen molar-refractivity contribution in [3.8, 4) is 0 Å². The lowest BCUT2D eigenvalue weighted by Gasteiger charge is -2.08. The highest BCUT2D eigenvalue weighted by Gasteiger charge is 2.03. The number of unbranched alkanes of at least 4 members (excludes halogenated alkanes) is 5. The Hall–Kier alpha value is 0.240. The highest BCUT2D eigenvalue weighted by Crippen LogP contribution is 2.17. The summed E-state index contributed by atoms with van der Waals surface area (Å²) in [5, 5.41) is 0.596. The van der Waals surface area contributed by atoms with E-state index in [0.717, 1.165) is 0 Å². The van der Waals surface area contributed by atoms with Crippen molar-refractivity contribution in [2.75, 3.05) is 0 Å². The van der Waals surface area contributed by atoms with Crippen LogP contribution in [-0.2, 0) is 0 Å². The average Bonchev–Trinajstić information content (AvgIpc) is 2.10. The van der Waals surface area contributed by atoms with Crippen molar-refractivity contribution >= 4 is 28.3 Å². The van der Waals surface area contributed by atoms with Crippen molar-refractivity contribution in [3.63, 3.8) is 0 Å². The molecule has 2 N–H and O–H groups in total. The summed E-state index contributed by atoms with van der Waals surface area (Å²) >= 11 is 6.48. The Morgan fingerprint density at radius 1 is 1.21 bits per heavy atom. The molecule has 14 heavy (non-hydrogen) atoms. The quantitative estimate of drug-likeness (QED) is 0.505. The molecule has 0 bridgehead atoms. The lowest BCUT2D eigenvalue weighted by molar-refractivity contribution is 0.589. The van der Waals surface area contributed by atoms with Crippen molar-refractivity contribution in [2.45, 2.75) is 64.0 Å². The minimum atomic E-state index is 0.587. The number of nitrogens with two attached hydrogens (primary N) is 1. The first-order chi connectivity index (χ1) is 6.66. The smallest absolute Gasteiger partial charge is 0.131 e. The zero-order valence-electron chi connectivity index (χ0n) is 9.42. The fraction of sp³-hybridized carbons (Fsp3) is 0.909. The second-order valence-electron chi connectivity index (χ2n) is 3.80. The maximum atomic E-state index is 5.46. The molecule has 1 nitrogen and oxygen atoms in total. The molecule has 0 saturated carbocycles. The number of thiocarbonyl (C=S) groups is 1. The Morgan fingerprint density at radius 2 is 1.79 bits per heavy atom. The minimum absolute atomic E-state index is 0.587. The topological polar surface area (TPSA) is 26.0 Å². The molecule has 0 aromatic heterocycles. The van der Waals surface area contributed by atoms with Gasteiger partial charge in [0, 0.05) is 5.25 Å². The summed E-state index contributed by atoms with van der Waals surface area (Å²) in [5.74, 6) is 0. The van der Waals surface area contributed by atoms with Crippen molar-refractivity contribution in [2.24, 2.45) is 5.73 Å². The van der Waals surface area contributed by atoms with Crippen molar-refractivity contribution in [3.05, 3.63) is 0 Å². The summed E-state index contributed by atoms with van der Waals surface area (Å²) in [6, 6.07) is 0. The van der Waals surface area contributed by atoms with Crippen LogP contribution in [0.4, 0.5) is 0 Å². The summed E-state index contributed by atoms with van der Waals surface area (Å²) in [5.41, 5.74) is 5.46.